The zero-order chi connectivity index (χ0) is 20.7. The molecule has 4 aromatic rings. The summed E-state index contributed by atoms with van der Waals surface area (Å²) in [6, 6.07) is 11.3. The van der Waals surface area contributed by atoms with E-state index in [2.05, 4.69) is 22.4 Å². The third-order valence-corrected chi connectivity index (χ3v) is 6.57. The van der Waals surface area contributed by atoms with Gasteiger partial charge in [-0.15, -0.1) is 11.3 Å². The first-order valence-corrected chi connectivity index (χ1v) is 11.1. The number of halogens is 1. The van der Waals surface area contributed by atoms with E-state index in [-0.39, 0.29) is 5.91 Å². The minimum absolute atomic E-state index is 0.0401. The molecule has 0 saturated carbocycles. The third kappa shape index (κ3) is 3.64. The minimum Gasteiger partial charge on any atom is -0.459 e. The highest BCUT2D eigenvalue weighted by molar-refractivity contribution is 7.17. The number of rotatable bonds is 4. The number of nitrogens with zero attached hydrogens (tertiary/aromatic N) is 4. The number of carbonyl (C=O) groups excluding carboxylic acids is 1. The number of amides is 1. The first-order chi connectivity index (χ1) is 14.6. The zero-order valence-electron chi connectivity index (χ0n) is 16.5. The predicted octanol–water partition coefficient (Wildman–Crippen LogP) is 4.58. The van der Waals surface area contributed by atoms with Crippen LogP contribution in [0.3, 0.4) is 0 Å². The van der Waals surface area contributed by atoms with E-state index >= 15 is 0 Å². The van der Waals surface area contributed by atoms with E-state index < -0.39 is 0 Å². The van der Waals surface area contributed by atoms with Gasteiger partial charge in [-0.05, 0) is 31.2 Å². The Morgan fingerprint density at radius 2 is 1.93 bits per heavy atom. The summed E-state index contributed by atoms with van der Waals surface area (Å²) in [5.74, 6) is 0.362. The monoisotopic (exact) mass is 440 g/mol. The molecule has 30 heavy (non-hydrogen) atoms. The second kappa shape index (κ2) is 7.91. The number of carbonyl (C=O) groups is 1. The Hall–Kier alpha value is -2.61. The van der Waals surface area contributed by atoms with Crippen molar-refractivity contribution in [2.75, 3.05) is 26.2 Å². The third-order valence-electron chi connectivity index (χ3n) is 5.42. The molecular weight excluding hydrogens is 420 g/mol. The molecule has 1 aliphatic rings. The van der Waals surface area contributed by atoms with Crippen LogP contribution in [0.4, 0.5) is 0 Å². The fraction of sp³-hybridized carbons (Fsp3) is 0.273. The number of piperazine rings is 1. The highest BCUT2D eigenvalue weighted by Crippen LogP contribution is 2.30. The maximum atomic E-state index is 12.5. The Morgan fingerprint density at radius 3 is 2.63 bits per heavy atom. The first-order valence-electron chi connectivity index (χ1n) is 9.87. The SMILES string of the molecule is Cc1cn2c(CN3CCN(C(=O)c4ccco4)CC3)c(-c3ccc(Cl)cc3)nc2s1. The number of imidazole rings is 1. The Bertz CT molecular complexity index is 1170. The fourth-order valence-electron chi connectivity index (χ4n) is 3.87. The summed E-state index contributed by atoms with van der Waals surface area (Å²) in [5, 5.41) is 0.717. The molecule has 1 aromatic carbocycles. The summed E-state index contributed by atoms with van der Waals surface area (Å²) in [6.45, 7) is 5.86. The molecule has 0 N–H and O–H groups in total. The van der Waals surface area contributed by atoms with Gasteiger partial charge in [0.15, 0.2) is 10.7 Å². The molecule has 154 valence electrons. The molecule has 0 unspecified atom stereocenters. The van der Waals surface area contributed by atoms with Gasteiger partial charge in [0.25, 0.3) is 5.91 Å². The van der Waals surface area contributed by atoms with Crippen LogP contribution in [-0.4, -0.2) is 51.3 Å². The summed E-state index contributed by atoms with van der Waals surface area (Å²) in [4.78, 5) is 23.9. The van der Waals surface area contributed by atoms with Crippen LogP contribution in [0.1, 0.15) is 21.1 Å². The molecular formula is C22H21ClN4O2S. The molecule has 0 bridgehead atoms. The van der Waals surface area contributed by atoms with E-state index in [0.29, 0.717) is 18.8 Å². The van der Waals surface area contributed by atoms with E-state index in [0.717, 1.165) is 40.9 Å². The number of hydrogen-bond donors (Lipinski definition) is 0. The van der Waals surface area contributed by atoms with Gasteiger partial charge in [-0.3, -0.25) is 14.1 Å². The molecule has 1 aliphatic heterocycles. The summed E-state index contributed by atoms with van der Waals surface area (Å²) in [7, 11) is 0. The molecule has 6 nitrogen and oxygen atoms in total. The van der Waals surface area contributed by atoms with Crippen molar-refractivity contribution in [1.82, 2.24) is 19.2 Å². The summed E-state index contributed by atoms with van der Waals surface area (Å²) in [6.07, 6.45) is 3.69. The lowest BCUT2D eigenvalue weighted by molar-refractivity contribution is 0.0596. The molecule has 1 saturated heterocycles. The lowest BCUT2D eigenvalue weighted by Gasteiger charge is -2.34. The Morgan fingerprint density at radius 1 is 1.17 bits per heavy atom. The van der Waals surface area contributed by atoms with Crippen LogP contribution < -0.4 is 0 Å². The highest BCUT2D eigenvalue weighted by atomic mass is 35.5. The van der Waals surface area contributed by atoms with Gasteiger partial charge in [-0.25, -0.2) is 4.98 Å². The smallest absolute Gasteiger partial charge is 0.289 e. The van der Waals surface area contributed by atoms with Gasteiger partial charge in [0.1, 0.15) is 0 Å². The molecule has 8 heteroatoms. The Balaban J connectivity index is 1.37. The van der Waals surface area contributed by atoms with Crippen LogP contribution in [0.15, 0.2) is 53.3 Å². The maximum Gasteiger partial charge on any atom is 0.289 e. The number of thiazole rings is 1. The van der Waals surface area contributed by atoms with E-state index in [1.807, 2.05) is 29.2 Å². The van der Waals surface area contributed by atoms with Crippen molar-refractivity contribution in [2.24, 2.45) is 0 Å². The van der Waals surface area contributed by atoms with E-state index in [1.54, 1.807) is 23.5 Å². The molecule has 5 rings (SSSR count). The van der Waals surface area contributed by atoms with Crippen molar-refractivity contribution in [3.8, 4) is 11.3 Å². The molecule has 3 aromatic heterocycles. The van der Waals surface area contributed by atoms with E-state index in [4.69, 9.17) is 21.0 Å². The van der Waals surface area contributed by atoms with Crippen LogP contribution in [-0.2, 0) is 6.54 Å². The fourth-order valence-corrected chi connectivity index (χ4v) is 4.84. The average Bonchev–Trinajstić information content (AvgIpc) is 3.47. The number of aromatic nitrogens is 2. The lowest BCUT2D eigenvalue weighted by atomic mass is 10.1. The molecule has 4 heterocycles. The van der Waals surface area contributed by atoms with Gasteiger partial charge < -0.3 is 9.32 Å². The van der Waals surface area contributed by atoms with Gasteiger partial charge >= 0.3 is 0 Å². The van der Waals surface area contributed by atoms with Gasteiger partial charge in [0.05, 0.1) is 17.7 Å². The van der Waals surface area contributed by atoms with Crippen LogP contribution in [0.2, 0.25) is 5.02 Å². The van der Waals surface area contributed by atoms with Gasteiger partial charge in [-0.2, -0.15) is 0 Å². The molecule has 0 atom stereocenters. The highest BCUT2D eigenvalue weighted by Gasteiger charge is 2.25. The van der Waals surface area contributed by atoms with Crippen LogP contribution >= 0.6 is 22.9 Å². The van der Waals surface area contributed by atoms with Crippen molar-refractivity contribution < 1.29 is 9.21 Å². The predicted molar refractivity (Wildman–Crippen MR) is 118 cm³/mol. The number of benzene rings is 1. The normalized spacial score (nSPS) is 15.2. The number of hydrogen-bond acceptors (Lipinski definition) is 5. The number of furan rings is 1. The second-order valence-electron chi connectivity index (χ2n) is 7.45. The summed E-state index contributed by atoms with van der Waals surface area (Å²) >= 11 is 7.77. The van der Waals surface area contributed by atoms with E-state index in [1.165, 1.54) is 16.8 Å². The molecule has 0 spiro atoms. The number of aryl methyl sites for hydroxylation is 1. The summed E-state index contributed by atoms with van der Waals surface area (Å²) in [5.41, 5.74) is 3.23. The molecule has 0 aliphatic carbocycles. The topological polar surface area (TPSA) is 54.0 Å². The van der Waals surface area contributed by atoms with Crippen LogP contribution in [0.25, 0.3) is 16.2 Å². The maximum absolute atomic E-state index is 12.5. The average molecular weight is 441 g/mol. The van der Waals surface area contributed by atoms with Gasteiger partial charge in [-0.1, -0.05) is 23.7 Å². The van der Waals surface area contributed by atoms with Crippen LogP contribution in [0.5, 0.6) is 0 Å². The lowest BCUT2D eigenvalue weighted by Crippen LogP contribution is -2.48. The minimum atomic E-state index is -0.0401. The molecule has 1 amide bonds. The molecule has 1 fully saturated rings. The quantitative estimate of drug-likeness (QED) is 0.466. The van der Waals surface area contributed by atoms with Gasteiger partial charge in [0, 0.05) is 54.4 Å². The molecule has 0 radical (unpaired) electrons. The van der Waals surface area contributed by atoms with E-state index in [9.17, 15) is 4.79 Å². The second-order valence-corrected chi connectivity index (χ2v) is 9.10. The summed E-state index contributed by atoms with van der Waals surface area (Å²) < 4.78 is 7.46. The van der Waals surface area contributed by atoms with Crippen molar-refractivity contribution in [2.45, 2.75) is 13.5 Å². The van der Waals surface area contributed by atoms with Crippen molar-refractivity contribution in [3.63, 3.8) is 0 Å². The zero-order valence-corrected chi connectivity index (χ0v) is 18.1. The Labute approximate surface area is 183 Å². The van der Waals surface area contributed by atoms with Gasteiger partial charge in [0.2, 0.25) is 0 Å². The van der Waals surface area contributed by atoms with Crippen molar-refractivity contribution >= 4 is 33.8 Å². The first kappa shape index (κ1) is 19.4. The largest absolute Gasteiger partial charge is 0.459 e. The van der Waals surface area contributed by atoms with Crippen molar-refractivity contribution in [1.29, 1.82) is 0 Å². The Kier molecular flexibility index (Phi) is 5.10. The van der Waals surface area contributed by atoms with Crippen molar-refractivity contribution in [3.05, 3.63) is 70.2 Å². The standard InChI is InChI=1S/C22H21ClN4O2S/c1-15-13-27-18(20(24-22(27)30-15)16-4-6-17(23)7-5-16)14-25-8-10-26(11-9-25)21(28)19-3-2-12-29-19/h2-7,12-13H,8-11,14H2,1H3. The number of fused-ring (bicyclic) bond motifs is 1. The van der Waals surface area contributed by atoms with Crippen LogP contribution in [0, 0.1) is 6.92 Å².